The summed E-state index contributed by atoms with van der Waals surface area (Å²) in [6, 6.07) is 6.25. The number of methoxy groups -OCH3 is 1. The molecule has 0 bridgehead atoms. The largest absolute Gasteiger partial charge is 0.497 e. The number of hydrogen-bond donors (Lipinski definition) is 1. The number of thioether (sulfide) groups is 1. The zero-order chi connectivity index (χ0) is 20.9. The number of carbonyl (C=O) groups is 1. The van der Waals surface area contributed by atoms with Gasteiger partial charge in [-0.3, -0.25) is 4.79 Å². The fourth-order valence-corrected chi connectivity index (χ4v) is 5.97. The Balaban J connectivity index is 1.65. The molecule has 29 heavy (non-hydrogen) atoms. The minimum absolute atomic E-state index is 0.136. The summed E-state index contributed by atoms with van der Waals surface area (Å²) >= 11 is 2.78. The lowest BCUT2D eigenvalue weighted by Crippen LogP contribution is -2.43. The lowest BCUT2D eigenvalue weighted by atomic mass is 9.99. The third-order valence-electron chi connectivity index (χ3n) is 4.41. The first kappa shape index (κ1) is 21.8. The molecule has 11 heteroatoms. The van der Waals surface area contributed by atoms with Crippen LogP contribution in [0.1, 0.15) is 12.8 Å². The Labute approximate surface area is 178 Å². The van der Waals surface area contributed by atoms with E-state index >= 15 is 0 Å². The van der Waals surface area contributed by atoms with Gasteiger partial charge in [0.15, 0.2) is 4.34 Å². The summed E-state index contributed by atoms with van der Waals surface area (Å²) in [6.07, 6.45) is 3.01. The van der Waals surface area contributed by atoms with Crippen molar-refractivity contribution in [3.63, 3.8) is 0 Å². The predicted octanol–water partition coefficient (Wildman–Crippen LogP) is 2.86. The molecule has 1 atom stereocenters. The zero-order valence-electron chi connectivity index (χ0n) is 15.9. The summed E-state index contributed by atoms with van der Waals surface area (Å²) in [4.78, 5) is 12.8. The molecule has 1 fully saturated rings. The molecule has 156 valence electrons. The van der Waals surface area contributed by atoms with E-state index in [1.807, 2.05) is 0 Å². The van der Waals surface area contributed by atoms with Gasteiger partial charge in [0, 0.05) is 18.8 Å². The molecule has 2 aromatic rings. The number of benzene rings is 1. The number of nitrogens with zero attached hydrogens (tertiary/aromatic N) is 3. The second-order valence-electron chi connectivity index (χ2n) is 6.34. The van der Waals surface area contributed by atoms with E-state index in [2.05, 4.69) is 22.1 Å². The Morgan fingerprint density at radius 3 is 2.86 bits per heavy atom. The molecule has 1 N–H and O–H groups in total. The van der Waals surface area contributed by atoms with E-state index in [1.165, 1.54) is 46.6 Å². The maximum Gasteiger partial charge on any atom is 0.243 e. The summed E-state index contributed by atoms with van der Waals surface area (Å²) in [6.45, 7) is 4.18. The maximum atomic E-state index is 12.9. The summed E-state index contributed by atoms with van der Waals surface area (Å²) in [5.41, 5.74) is 0. The normalized spacial score (nSPS) is 17.6. The summed E-state index contributed by atoms with van der Waals surface area (Å²) in [5.74, 6) is 0.618. The van der Waals surface area contributed by atoms with Gasteiger partial charge in [0.05, 0.1) is 17.9 Å². The first-order valence-electron chi connectivity index (χ1n) is 8.96. The van der Waals surface area contributed by atoms with E-state index in [1.54, 1.807) is 18.2 Å². The van der Waals surface area contributed by atoms with Crippen molar-refractivity contribution in [2.75, 3.05) is 31.3 Å². The molecular weight excluding hydrogens is 432 g/mol. The summed E-state index contributed by atoms with van der Waals surface area (Å²) < 4.78 is 33.1. The Kier molecular flexibility index (Phi) is 7.28. The van der Waals surface area contributed by atoms with Gasteiger partial charge in [0.2, 0.25) is 21.1 Å². The van der Waals surface area contributed by atoms with Crippen LogP contribution in [0.4, 0.5) is 5.13 Å². The van der Waals surface area contributed by atoms with Gasteiger partial charge in [-0.15, -0.1) is 16.8 Å². The number of aromatic nitrogens is 2. The molecule has 0 aliphatic carbocycles. The van der Waals surface area contributed by atoms with Crippen molar-refractivity contribution in [2.45, 2.75) is 22.1 Å². The van der Waals surface area contributed by atoms with Crippen molar-refractivity contribution in [1.82, 2.24) is 14.5 Å². The quantitative estimate of drug-likeness (QED) is 0.372. The third-order valence-corrected chi connectivity index (χ3v) is 8.26. The van der Waals surface area contributed by atoms with Gasteiger partial charge in [-0.2, -0.15) is 4.31 Å². The number of ether oxygens (including phenoxy) is 1. The molecular formula is C18H22N4O4S3. The Morgan fingerprint density at radius 2 is 2.17 bits per heavy atom. The van der Waals surface area contributed by atoms with Crippen LogP contribution >= 0.6 is 23.1 Å². The fourth-order valence-electron chi connectivity index (χ4n) is 2.93. The van der Waals surface area contributed by atoms with Gasteiger partial charge >= 0.3 is 0 Å². The van der Waals surface area contributed by atoms with Crippen LogP contribution in [0.3, 0.4) is 0 Å². The Bertz CT molecular complexity index is 960. The number of hydrogen-bond acceptors (Lipinski definition) is 8. The molecule has 8 nitrogen and oxygen atoms in total. The molecule has 1 amide bonds. The van der Waals surface area contributed by atoms with Crippen molar-refractivity contribution in [1.29, 1.82) is 0 Å². The monoisotopic (exact) mass is 454 g/mol. The number of carbonyl (C=O) groups excluding carboxylic acids is 1. The molecule has 0 radical (unpaired) electrons. The summed E-state index contributed by atoms with van der Waals surface area (Å²) in [5, 5.41) is 11.2. The van der Waals surface area contributed by atoms with Crippen LogP contribution in [-0.4, -0.2) is 54.8 Å². The lowest BCUT2D eigenvalue weighted by molar-refractivity contribution is -0.120. The van der Waals surface area contributed by atoms with Gasteiger partial charge in [-0.25, -0.2) is 8.42 Å². The minimum atomic E-state index is -3.67. The molecule has 2 heterocycles. The van der Waals surface area contributed by atoms with Crippen LogP contribution < -0.4 is 10.1 Å². The number of amides is 1. The number of nitrogens with one attached hydrogen (secondary N) is 1. The minimum Gasteiger partial charge on any atom is -0.497 e. The van der Waals surface area contributed by atoms with E-state index in [-0.39, 0.29) is 17.3 Å². The number of rotatable bonds is 8. The van der Waals surface area contributed by atoms with E-state index in [9.17, 15) is 13.2 Å². The first-order valence-corrected chi connectivity index (χ1v) is 12.2. The van der Waals surface area contributed by atoms with Crippen molar-refractivity contribution in [2.24, 2.45) is 5.92 Å². The molecule has 1 aromatic heterocycles. The smallest absolute Gasteiger partial charge is 0.243 e. The number of sulfonamides is 1. The highest BCUT2D eigenvalue weighted by Crippen LogP contribution is 2.28. The van der Waals surface area contributed by atoms with Crippen LogP contribution in [0, 0.1) is 5.92 Å². The second-order valence-corrected chi connectivity index (χ2v) is 10.5. The standard InChI is InChI=1S/C18H22N4O4S3/c1-3-11-27-18-21-20-17(28-18)19-16(23)13-5-4-10-22(12-13)29(24,25)15-8-6-14(26-2)7-9-15/h3,6-9,13H,1,4-5,10-12H2,2H3,(H,19,20,23). The molecule has 1 aliphatic rings. The topological polar surface area (TPSA) is 101 Å². The van der Waals surface area contributed by atoms with Crippen LogP contribution in [0.5, 0.6) is 5.75 Å². The predicted molar refractivity (Wildman–Crippen MR) is 114 cm³/mol. The maximum absolute atomic E-state index is 12.9. The molecule has 3 rings (SSSR count). The van der Waals surface area contributed by atoms with E-state index in [4.69, 9.17) is 4.74 Å². The molecule has 0 saturated carbocycles. The Morgan fingerprint density at radius 1 is 1.41 bits per heavy atom. The average molecular weight is 455 g/mol. The lowest BCUT2D eigenvalue weighted by Gasteiger charge is -2.31. The van der Waals surface area contributed by atoms with Crippen molar-refractivity contribution >= 4 is 44.2 Å². The van der Waals surface area contributed by atoms with Gasteiger partial charge in [-0.1, -0.05) is 29.2 Å². The van der Waals surface area contributed by atoms with Gasteiger partial charge in [0.1, 0.15) is 5.75 Å². The van der Waals surface area contributed by atoms with E-state index in [0.29, 0.717) is 36.0 Å². The van der Waals surface area contributed by atoms with Crippen LogP contribution in [0.15, 0.2) is 46.2 Å². The van der Waals surface area contributed by atoms with E-state index < -0.39 is 15.9 Å². The highest BCUT2D eigenvalue weighted by atomic mass is 32.2. The molecule has 1 unspecified atom stereocenters. The molecule has 1 aromatic carbocycles. The van der Waals surface area contributed by atoms with E-state index in [0.717, 1.165) is 4.34 Å². The number of piperidine rings is 1. The third kappa shape index (κ3) is 5.35. The first-order chi connectivity index (χ1) is 13.9. The van der Waals surface area contributed by atoms with Gasteiger partial charge in [0.25, 0.3) is 0 Å². The van der Waals surface area contributed by atoms with Crippen molar-refractivity contribution in [3.05, 3.63) is 36.9 Å². The van der Waals surface area contributed by atoms with Crippen LogP contribution in [0.2, 0.25) is 0 Å². The zero-order valence-corrected chi connectivity index (χ0v) is 18.4. The van der Waals surface area contributed by atoms with Crippen LogP contribution in [-0.2, 0) is 14.8 Å². The highest BCUT2D eigenvalue weighted by molar-refractivity contribution is 8.01. The molecule has 0 spiro atoms. The SMILES string of the molecule is C=CCSc1nnc(NC(=O)C2CCCN(S(=O)(=O)c3ccc(OC)cc3)C2)s1. The van der Waals surface area contributed by atoms with Crippen LogP contribution in [0.25, 0.3) is 0 Å². The molecule has 1 saturated heterocycles. The highest BCUT2D eigenvalue weighted by Gasteiger charge is 2.33. The Hall–Kier alpha value is -1.95. The van der Waals surface area contributed by atoms with Crippen molar-refractivity contribution in [3.8, 4) is 5.75 Å². The fraction of sp³-hybridized carbons (Fsp3) is 0.389. The second kappa shape index (κ2) is 9.70. The van der Waals surface area contributed by atoms with Crippen molar-refractivity contribution < 1.29 is 17.9 Å². The molecule has 1 aliphatic heterocycles. The van der Waals surface area contributed by atoms with Gasteiger partial charge in [-0.05, 0) is 37.1 Å². The number of anilines is 1. The van der Waals surface area contributed by atoms with Gasteiger partial charge < -0.3 is 10.1 Å². The average Bonchev–Trinajstić information content (AvgIpc) is 3.19. The summed E-state index contributed by atoms with van der Waals surface area (Å²) in [7, 11) is -2.15.